The second-order valence-corrected chi connectivity index (χ2v) is 6.20. The van der Waals surface area contributed by atoms with Gasteiger partial charge in [-0.25, -0.2) is 4.79 Å². The molecule has 4 rings (SSSR count). The molecule has 0 fully saturated rings. The molecule has 2 aromatic heterocycles. The summed E-state index contributed by atoms with van der Waals surface area (Å²) in [4.78, 5) is 16.7. The van der Waals surface area contributed by atoms with Crippen molar-refractivity contribution in [2.75, 3.05) is 10.6 Å². The molecular formula is C21H14F3N3O3. The number of hydrogen-bond donors (Lipinski definition) is 2. The van der Waals surface area contributed by atoms with Crippen LogP contribution >= 0.6 is 0 Å². The van der Waals surface area contributed by atoms with Crippen LogP contribution in [0.2, 0.25) is 0 Å². The van der Waals surface area contributed by atoms with Crippen LogP contribution in [-0.2, 0) is 0 Å². The van der Waals surface area contributed by atoms with Crippen molar-refractivity contribution < 1.29 is 27.1 Å². The van der Waals surface area contributed by atoms with Crippen molar-refractivity contribution in [3.05, 3.63) is 72.9 Å². The van der Waals surface area contributed by atoms with Crippen molar-refractivity contribution in [3.63, 3.8) is 0 Å². The zero-order valence-corrected chi connectivity index (χ0v) is 15.2. The van der Waals surface area contributed by atoms with Gasteiger partial charge in [-0.3, -0.25) is 4.98 Å². The summed E-state index contributed by atoms with van der Waals surface area (Å²) in [7, 11) is 0. The SMILES string of the molecule is O=C(Nc1ccc(OC(F)(F)F)cc1)Nc1cccnc1-c1cc2ccccc2o1. The van der Waals surface area contributed by atoms with Crippen molar-refractivity contribution >= 4 is 28.4 Å². The molecule has 0 unspecified atom stereocenters. The summed E-state index contributed by atoms with van der Waals surface area (Å²) in [6, 6.07) is 16.8. The van der Waals surface area contributed by atoms with E-state index in [2.05, 4.69) is 20.4 Å². The molecule has 0 saturated carbocycles. The molecule has 2 amide bonds. The van der Waals surface area contributed by atoms with Crippen LogP contribution in [0.5, 0.6) is 5.75 Å². The normalized spacial score (nSPS) is 11.3. The molecule has 0 aliphatic rings. The molecule has 0 aliphatic heterocycles. The lowest BCUT2D eigenvalue weighted by molar-refractivity contribution is -0.274. The number of urea groups is 1. The molecule has 152 valence electrons. The molecule has 4 aromatic rings. The number of carbonyl (C=O) groups is 1. The van der Waals surface area contributed by atoms with Gasteiger partial charge in [0.25, 0.3) is 0 Å². The first-order valence-electron chi connectivity index (χ1n) is 8.75. The van der Waals surface area contributed by atoms with E-state index in [1.807, 2.05) is 30.3 Å². The molecule has 2 heterocycles. The van der Waals surface area contributed by atoms with Crippen molar-refractivity contribution in [2.24, 2.45) is 0 Å². The number of nitrogens with one attached hydrogen (secondary N) is 2. The molecule has 0 saturated heterocycles. The van der Waals surface area contributed by atoms with Gasteiger partial charge < -0.3 is 19.8 Å². The predicted molar refractivity (Wildman–Crippen MR) is 105 cm³/mol. The van der Waals surface area contributed by atoms with Crippen molar-refractivity contribution in [2.45, 2.75) is 6.36 Å². The highest BCUT2D eigenvalue weighted by Gasteiger charge is 2.31. The lowest BCUT2D eigenvalue weighted by Crippen LogP contribution is -2.20. The van der Waals surface area contributed by atoms with Crippen LogP contribution in [0.25, 0.3) is 22.4 Å². The van der Waals surface area contributed by atoms with E-state index in [4.69, 9.17) is 4.42 Å². The van der Waals surface area contributed by atoms with Crippen LogP contribution < -0.4 is 15.4 Å². The molecule has 2 N–H and O–H groups in total. The van der Waals surface area contributed by atoms with Crippen LogP contribution in [0.1, 0.15) is 0 Å². The zero-order valence-electron chi connectivity index (χ0n) is 15.2. The minimum absolute atomic E-state index is 0.288. The second-order valence-electron chi connectivity index (χ2n) is 6.20. The number of carbonyl (C=O) groups excluding carboxylic acids is 1. The van der Waals surface area contributed by atoms with Crippen LogP contribution in [-0.4, -0.2) is 17.4 Å². The van der Waals surface area contributed by atoms with E-state index in [9.17, 15) is 18.0 Å². The van der Waals surface area contributed by atoms with E-state index in [-0.39, 0.29) is 11.4 Å². The highest BCUT2D eigenvalue weighted by molar-refractivity contribution is 6.02. The monoisotopic (exact) mass is 413 g/mol. The standard InChI is InChI=1S/C21H14F3N3O3/c22-21(23,24)30-15-9-7-14(8-10-15)26-20(28)27-16-5-3-11-25-19(16)18-12-13-4-1-2-6-17(13)29-18/h1-12H,(H2,26,27,28). The number of rotatable bonds is 4. The largest absolute Gasteiger partial charge is 0.573 e. The number of hydrogen-bond acceptors (Lipinski definition) is 4. The van der Waals surface area contributed by atoms with Gasteiger partial charge in [-0.15, -0.1) is 13.2 Å². The molecule has 0 bridgehead atoms. The van der Waals surface area contributed by atoms with Crippen molar-refractivity contribution in [1.29, 1.82) is 0 Å². The number of anilines is 2. The Morgan fingerprint density at radius 2 is 1.73 bits per heavy atom. The first kappa shape index (κ1) is 19.3. The number of ether oxygens (including phenoxy) is 1. The summed E-state index contributed by atoms with van der Waals surface area (Å²) in [5, 5.41) is 6.11. The van der Waals surface area contributed by atoms with Gasteiger partial charge in [0, 0.05) is 17.3 Å². The van der Waals surface area contributed by atoms with E-state index in [0.717, 1.165) is 17.5 Å². The molecule has 6 nitrogen and oxygen atoms in total. The van der Waals surface area contributed by atoms with Crippen LogP contribution in [0.3, 0.4) is 0 Å². The summed E-state index contributed by atoms with van der Waals surface area (Å²) in [5.41, 5.74) is 1.83. The molecule has 0 aliphatic carbocycles. The summed E-state index contributed by atoms with van der Waals surface area (Å²) in [6.07, 6.45) is -3.20. The van der Waals surface area contributed by atoms with E-state index < -0.39 is 12.4 Å². The Balaban J connectivity index is 1.49. The number of pyridine rings is 1. The summed E-state index contributed by atoms with van der Waals surface area (Å²) >= 11 is 0. The first-order valence-corrected chi connectivity index (χ1v) is 8.75. The van der Waals surface area contributed by atoms with Crippen LogP contribution in [0, 0.1) is 0 Å². The molecule has 2 aromatic carbocycles. The maximum Gasteiger partial charge on any atom is 0.573 e. The molecule has 9 heteroatoms. The second kappa shape index (κ2) is 7.78. The smallest absolute Gasteiger partial charge is 0.454 e. The summed E-state index contributed by atoms with van der Waals surface area (Å²) < 4.78 is 46.3. The van der Waals surface area contributed by atoms with Gasteiger partial charge in [-0.05, 0) is 48.5 Å². The van der Waals surface area contributed by atoms with E-state index >= 15 is 0 Å². The number of aromatic nitrogens is 1. The quantitative estimate of drug-likeness (QED) is 0.428. The van der Waals surface area contributed by atoms with Crippen LogP contribution in [0.4, 0.5) is 29.3 Å². The third-order valence-electron chi connectivity index (χ3n) is 4.06. The highest BCUT2D eigenvalue weighted by Crippen LogP contribution is 2.31. The van der Waals surface area contributed by atoms with Gasteiger partial charge in [0.1, 0.15) is 17.0 Å². The Morgan fingerprint density at radius 1 is 0.967 bits per heavy atom. The number of alkyl halides is 3. The lowest BCUT2D eigenvalue weighted by atomic mass is 10.2. The number of nitrogens with zero attached hydrogens (tertiary/aromatic N) is 1. The Labute approximate surface area is 168 Å². The highest BCUT2D eigenvalue weighted by atomic mass is 19.4. The fraction of sp³-hybridized carbons (Fsp3) is 0.0476. The van der Waals surface area contributed by atoms with E-state index in [0.29, 0.717) is 22.7 Å². The van der Waals surface area contributed by atoms with Gasteiger partial charge in [0.15, 0.2) is 5.76 Å². The third kappa shape index (κ3) is 4.52. The molecule has 0 atom stereocenters. The summed E-state index contributed by atoms with van der Waals surface area (Å²) in [5.74, 6) is 0.105. The summed E-state index contributed by atoms with van der Waals surface area (Å²) in [6.45, 7) is 0. The van der Waals surface area contributed by atoms with Gasteiger partial charge in [-0.1, -0.05) is 18.2 Å². The lowest BCUT2D eigenvalue weighted by Gasteiger charge is -2.11. The topological polar surface area (TPSA) is 76.4 Å². The van der Waals surface area contributed by atoms with E-state index in [1.165, 1.54) is 12.1 Å². The Hall–Kier alpha value is -4.01. The van der Waals surface area contributed by atoms with Crippen LogP contribution in [0.15, 0.2) is 77.3 Å². The molecule has 0 spiro atoms. The fourth-order valence-corrected chi connectivity index (χ4v) is 2.83. The zero-order chi connectivity index (χ0) is 21.1. The molecule has 0 radical (unpaired) electrons. The number of fused-ring (bicyclic) bond motifs is 1. The average molecular weight is 413 g/mol. The van der Waals surface area contributed by atoms with Gasteiger partial charge in [0.2, 0.25) is 0 Å². The molecular weight excluding hydrogens is 399 g/mol. The first-order chi connectivity index (χ1) is 14.4. The Morgan fingerprint density at radius 3 is 2.47 bits per heavy atom. The van der Waals surface area contributed by atoms with Crippen molar-refractivity contribution in [3.8, 4) is 17.2 Å². The Bertz CT molecular complexity index is 1150. The Kier molecular flexibility index (Phi) is 5.01. The fourth-order valence-electron chi connectivity index (χ4n) is 2.83. The predicted octanol–water partition coefficient (Wildman–Crippen LogP) is 6.04. The van der Waals surface area contributed by atoms with Gasteiger partial charge >= 0.3 is 12.4 Å². The van der Waals surface area contributed by atoms with Gasteiger partial charge in [0.05, 0.1) is 5.69 Å². The minimum Gasteiger partial charge on any atom is -0.454 e. The number of halogens is 3. The number of amides is 2. The third-order valence-corrected chi connectivity index (χ3v) is 4.06. The number of benzene rings is 2. The maximum atomic E-state index is 12.4. The number of para-hydroxylation sites is 1. The molecule has 30 heavy (non-hydrogen) atoms. The minimum atomic E-state index is -4.78. The van der Waals surface area contributed by atoms with Crippen molar-refractivity contribution in [1.82, 2.24) is 4.98 Å². The van der Waals surface area contributed by atoms with Gasteiger partial charge in [-0.2, -0.15) is 0 Å². The average Bonchev–Trinajstić information content (AvgIpc) is 3.13. The maximum absolute atomic E-state index is 12.4. The number of furan rings is 1. The van der Waals surface area contributed by atoms with E-state index in [1.54, 1.807) is 18.3 Å².